The standard InChI is InChI=1S/C14H14O3S/c1-2-17-12-6-4-3-5-11(12)14-10(7-15)9-18-13(14)8-16/h3-6,8-9,15H,2,7H2,1H3. The molecule has 0 aliphatic heterocycles. The summed E-state index contributed by atoms with van der Waals surface area (Å²) in [6.45, 7) is 2.39. The fraction of sp³-hybridized carbons (Fsp3) is 0.214. The van der Waals surface area contributed by atoms with Gasteiger partial charge in [0, 0.05) is 11.1 Å². The van der Waals surface area contributed by atoms with Gasteiger partial charge in [-0.15, -0.1) is 11.3 Å². The molecule has 0 radical (unpaired) electrons. The van der Waals surface area contributed by atoms with Crippen LogP contribution in [-0.4, -0.2) is 18.0 Å². The minimum absolute atomic E-state index is 0.0832. The Labute approximate surface area is 110 Å². The lowest BCUT2D eigenvalue weighted by atomic mass is 10.0. The molecule has 1 aromatic carbocycles. The highest BCUT2D eigenvalue weighted by molar-refractivity contribution is 7.12. The molecular weight excluding hydrogens is 248 g/mol. The van der Waals surface area contributed by atoms with Gasteiger partial charge >= 0.3 is 0 Å². The first-order chi connectivity index (χ1) is 8.81. The number of hydrogen-bond acceptors (Lipinski definition) is 4. The van der Waals surface area contributed by atoms with E-state index in [0.29, 0.717) is 11.5 Å². The van der Waals surface area contributed by atoms with Crippen LogP contribution in [0.3, 0.4) is 0 Å². The van der Waals surface area contributed by atoms with Gasteiger partial charge in [-0.1, -0.05) is 18.2 Å². The summed E-state index contributed by atoms with van der Waals surface area (Å²) < 4.78 is 5.57. The lowest BCUT2D eigenvalue weighted by Crippen LogP contribution is -1.96. The fourth-order valence-electron chi connectivity index (χ4n) is 1.87. The van der Waals surface area contributed by atoms with E-state index in [2.05, 4.69) is 0 Å². The van der Waals surface area contributed by atoms with Gasteiger partial charge in [0.25, 0.3) is 0 Å². The van der Waals surface area contributed by atoms with Crippen LogP contribution in [-0.2, 0) is 6.61 Å². The van der Waals surface area contributed by atoms with E-state index in [9.17, 15) is 9.90 Å². The zero-order valence-electron chi connectivity index (χ0n) is 10.1. The molecule has 0 saturated heterocycles. The van der Waals surface area contributed by atoms with Crippen molar-refractivity contribution in [3.63, 3.8) is 0 Å². The topological polar surface area (TPSA) is 46.5 Å². The molecule has 0 unspecified atom stereocenters. The van der Waals surface area contributed by atoms with Gasteiger partial charge in [0.1, 0.15) is 5.75 Å². The van der Waals surface area contributed by atoms with Crippen LogP contribution in [0.2, 0.25) is 0 Å². The van der Waals surface area contributed by atoms with Crippen molar-refractivity contribution in [1.29, 1.82) is 0 Å². The zero-order valence-corrected chi connectivity index (χ0v) is 10.9. The number of hydrogen-bond donors (Lipinski definition) is 1. The van der Waals surface area contributed by atoms with Gasteiger partial charge in [-0.05, 0) is 23.9 Å². The minimum Gasteiger partial charge on any atom is -0.493 e. The van der Waals surface area contributed by atoms with Crippen molar-refractivity contribution in [2.75, 3.05) is 6.61 Å². The Kier molecular flexibility index (Phi) is 4.12. The molecule has 0 atom stereocenters. The molecule has 94 valence electrons. The predicted molar refractivity (Wildman–Crippen MR) is 72.2 cm³/mol. The van der Waals surface area contributed by atoms with Crippen LogP contribution in [0.4, 0.5) is 0 Å². The Balaban J connectivity index is 2.60. The third kappa shape index (κ3) is 2.30. The number of ether oxygens (including phenoxy) is 1. The van der Waals surface area contributed by atoms with Crippen LogP contribution in [0, 0.1) is 0 Å². The SMILES string of the molecule is CCOc1ccccc1-c1c(CO)csc1C=O. The van der Waals surface area contributed by atoms with E-state index in [4.69, 9.17) is 4.74 Å². The average molecular weight is 262 g/mol. The van der Waals surface area contributed by atoms with E-state index < -0.39 is 0 Å². The summed E-state index contributed by atoms with van der Waals surface area (Å²) in [4.78, 5) is 11.7. The Morgan fingerprint density at radius 2 is 2.17 bits per heavy atom. The number of carbonyl (C=O) groups excluding carboxylic acids is 1. The molecular formula is C14H14O3S. The van der Waals surface area contributed by atoms with E-state index in [1.807, 2.05) is 36.6 Å². The highest BCUT2D eigenvalue weighted by atomic mass is 32.1. The molecule has 1 aromatic heterocycles. The number of rotatable bonds is 5. The zero-order chi connectivity index (χ0) is 13.0. The molecule has 3 nitrogen and oxygen atoms in total. The van der Waals surface area contributed by atoms with Gasteiger partial charge in [-0.25, -0.2) is 0 Å². The van der Waals surface area contributed by atoms with Crippen LogP contribution >= 0.6 is 11.3 Å². The lowest BCUT2D eigenvalue weighted by Gasteiger charge is -2.11. The third-order valence-corrected chi connectivity index (χ3v) is 3.59. The quantitative estimate of drug-likeness (QED) is 0.842. The molecule has 0 aliphatic carbocycles. The molecule has 0 saturated carbocycles. The van der Waals surface area contributed by atoms with Crippen molar-refractivity contribution < 1.29 is 14.6 Å². The third-order valence-electron chi connectivity index (χ3n) is 2.63. The number of aliphatic hydroxyl groups is 1. The summed E-state index contributed by atoms with van der Waals surface area (Å²) in [5, 5.41) is 11.2. The number of aldehydes is 1. The smallest absolute Gasteiger partial charge is 0.160 e. The summed E-state index contributed by atoms with van der Waals surface area (Å²) in [5.74, 6) is 0.733. The molecule has 0 spiro atoms. The molecule has 0 aliphatic rings. The van der Waals surface area contributed by atoms with Gasteiger partial charge in [0.05, 0.1) is 18.1 Å². The molecule has 1 heterocycles. The van der Waals surface area contributed by atoms with Crippen LogP contribution in [0.5, 0.6) is 5.75 Å². The molecule has 0 bridgehead atoms. The Morgan fingerprint density at radius 3 is 2.83 bits per heavy atom. The van der Waals surface area contributed by atoms with Crippen molar-refractivity contribution in [3.05, 3.63) is 40.1 Å². The van der Waals surface area contributed by atoms with Gasteiger partial charge in [-0.2, -0.15) is 0 Å². The first-order valence-electron chi connectivity index (χ1n) is 5.70. The van der Waals surface area contributed by atoms with Crippen molar-refractivity contribution in [2.45, 2.75) is 13.5 Å². The molecule has 1 N–H and O–H groups in total. The number of benzene rings is 1. The molecule has 0 fully saturated rings. The highest BCUT2D eigenvalue weighted by Gasteiger charge is 2.16. The van der Waals surface area contributed by atoms with Crippen LogP contribution in [0.1, 0.15) is 22.2 Å². The van der Waals surface area contributed by atoms with Crippen molar-refractivity contribution in [1.82, 2.24) is 0 Å². The summed E-state index contributed by atoms with van der Waals surface area (Å²) >= 11 is 1.34. The first kappa shape index (κ1) is 12.8. The van der Waals surface area contributed by atoms with E-state index in [1.54, 1.807) is 0 Å². The second-order valence-electron chi connectivity index (χ2n) is 3.71. The van der Waals surface area contributed by atoms with E-state index in [1.165, 1.54) is 11.3 Å². The Hall–Kier alpha value is -1.65. The highest BCUT2D eigenvalue weighted by Crippen LogP contribution is 2.37. The van der Waals surface area contributed by atoms with E-state index in [0.717, 1.165) is 28.7 Å². The largest absolute Gasteiger partial charge is 0.493 e. The van der Waals surface area contributed by atoms with Crippen molar-refractivity contribution in [2.24, 2.45) is 0 Å². The average Bonchev–Trinajstić information content (AvgIpc) is 2.82. The molecule has 0 amide bonds. The van der Waals surface area contributed by atoms with Crippen molar-refractivity contribution >= 4 is 17.6 Å². The maximum Gasteiger partial charge on any atom is 0.160 e. The van der Waals surface area contributed by atoms with Gasteiger partial charge in [0.15, 0.2) is 6.29 Å². The number of carbonyl (C=O) groups is 1. The van der Waals surface area contributed by atoms with E-state index >= 15 is 0 Å². The lowest BCUT2D eigenvalue weighted by molar-refractivity contribution is 0.112. The van der Waals surface area contributed by atoms with Crippen LogP contribution in [0.25, 0.3) is 11.1 Å². The molecule has 2 rings (SSSR count). The van der Waals surface area contributed by atoms with E-state index in [-0.39, 0.29) is 6.61 Å². The first-order valence-corrected chi connectivity index (χ1v) is 6.58. The maximum atomic E-state index is 11.1. The molecule has 2 aromatic rings. The van der Waals surface area contributed by atoms with Gasteiger partial charge < -0.3 is 9.84 Å². The molecule has 4 heteroatoms. The number of para-hydroxylation sites is 1. The minimum atomic E-state index is -0.0832. The normalized spacial score (nSPS) is 10.3. The Bertz CT molecular complexity index is 546. The maximum absolute atomic E-state index is 11.1. The summed E-state index contributed by atoms with van der Waals surface area (Å²) in [6.07, 6.45) is 0.821. The predicted octanol–water partition coefficient (Wildman–Crippen LogP) is 3.12. The summed E-state index contributed by atoms with van der Waals surface area (Å²) in [5.41, 5.74) is 2.39. The number of aliphatic hydroxyl groups excluding tert-OH is 1. The second-order valence-corrected chi connectivity index (χ2v) is 4.62. The van der Waals surface area contributed by atoms with Crippen LogP contribution in [0.15, 0.2) is 29.6 Å². The Morgan fingerprint density at radius 1 is 1.39 bits per heavy atom. The van der Waals surface area contributed by atoms with Crippen LogP contribution < -0.4 is 4.74 Å². The van der Waals surface area contributed by atoms with Gasteiger partial charge in [-0.3, -0.25) is 4.79 Å². The second kappa shape index (κ2) is 5.80. The molecule has 18 heavy (non-hydrogen) atoms. The van der Waals surface area contributed by atoms with Crippen molar-refractivity contribution in [3.8, 4) is 16.9 Å². The summed E-state index contributed by atoms with van der Waals surface area (Å²) in [7, 11) is 0. The number of thiophene rings is 1. The monoisotopic (exact) mass is 262 g/mol. The summed E-state index contributed by atoms with van der Waals surface area (Å²) in [6, 6.07) is 7.55. The fourth-order valence-corrected chi connectivity index (χ4v) is 2.75. The van der Waals surface area contributed by atoms with Gasteiger partial charge in [0.2, 0.25) is 0 Å².